The SMILES string of the molecule is CCCCCCCOC(C(=O)OCCN(CC)CC)(c1ccccc1)c1ccccc1.Cl. The lowest BCUT2D eigenvalue weighted by molar-refractivity contribution is -0.169. The van der Waals surface area contributed by atoms with Crippen molar-refractivity contribution in [2.45, 2.75) is 58.5 Å². The summed E-state index contributed by atoms with van der Waals surface area (Å²) in [5.41, 5.74) is 0.362. The van der Waals surface area contributed by atoms with E-state index in [0.717, 1.165) is 43.6 Å². The van der Waals surface area contributed by atoms with Crippen LogP contribution in [0, 0.1) is 0 Å². The highest BCUT2D eigenvalue weighted by molar-refractivity contribution is 5.86. The summed E-state index contributed by atoms with van der Waals surface area (Å²) in [5, 5.41) is 0. The van der Waals surface area contributed by atoms with Crippen LogP contribution in [-0.2, 0) is 19.9 Å². The third kappa shape index (κ3) is 7.91. The number of ether oxygens (including phenoxy) is 2. The minimum Gasteiger partial charge on any atom is -0.462 e. The van der Waals surface area contributed by atoms with E-state index in [-0.39, 0.29) is 18.4 Å². The highest BCUT2D eigenvalue weighted by Gasteiger charge is 2.45. The highest BCUT2D eigenvalue weighted by Crippen LogP contribution is 2.35. The standard InChI is InChI=1S/C27H39NO3.ClH/c1-4-7-8-9-16-22-31-27(24-17-12-10-13-18-24,25-19-14-11-15-20-25)26(29)30-23-21-28(5-2)6-3;/h10-15,17-20H,4-9,16,21-23H2,1-3H3;1H. The molecule has 0 fully saturated rings. The minimum atomic E-state index is -1.25. The van der Waals surface area contributed by atoms with Gasteiger partial charge in [0.2, 0.25) is 5.60 Å². The first kappa shape index (κ1) is 28.2. The molecule has 0 saturated carbocycles. The normalized spacial score (nSPS) is 11.2. The Morgan fingerprint density at radius 2 is 1.31 bits per heavy atom. The van der Waals surface area contributed by atoms with Crippen molar-refractivity contribution >= 4 is 18.4 Å². The molecule has 0 aliphatic carbocycles. The Balaban J connectivity index is 0.00000512. The van der Waals surface area contributed by atoms with Crippen LogP contribution in [-0.4, -0.2) is 43.7 Å². The third-order valence-corrected chi connectivity index (χ3v) is 5.75. The number of rotatable bonds is 15. The van der Waals surface area contributed by atoms with Gasteiger partial charge in [0.05, 0.1) is 0 Å². The van der Waals surface area contributed by atoms with Crippen LogP contribution in [0.5, 0.6) is 0 Å². The van der Waals surface area contributed by atoms with Crippen molar-refractivity contribution in [1.29, 1.82) is 0 Å². The molecule has 0 saturated heterocycles. The molecule has 0 aliphatic heterocycles. The number of benzene rings is 2. The lowest BCUT2D eigenvalue weighted by Gasteiger charge is -2.33. The van der Waals surface area contributed by atoms with E-state index in [1.165, 1.54) is 19.3 Å². The lowest BCUT2D eigenvalue weighted by Crippen LogP contribution is -2.43. The van der Waals surface area contributed by atoms with Gasteiger partial charge in [-0.2, -0.15) is 0 Å². The van der Waals surface area contributed by atoms with Crippen molar-refractivity contribution in [2.24, 2.45) is 0 Å². The van der Waals surface area contributed by atoms with Gasteiger partial charge < -0.3 is 14.4 Å². The average Bonchev–Trinajstić information content (AvgIpc) is 2.82. The Bertz CT molecular complexity index is 696. The van der Waals surface area contributed by atoms with E-state index < -0.39 is 5.60 Å². The van der Waals surface area contributed by atoms with Crippen molar-refractivity contribution < 1.29 is 14.3 Å². The molecule has 4 nitrogen and oxygen atoms in total. The first-order chi connectivity index (χ1) is 15.2. The quantitative estimate of drug-likeness (QED) is 0.233. The van der Waals surface area contributed by atoms with Crippen molar-refractivity contribution in [3.05, 3.63) is 71.8 Å². The lowest BCUT2D eigenvalue weighted by atomic mass is 9.86. The predicted octanol–water partition coefficient (Wildman–Crippen LogP) is 6.22. The smallest absolute Gasteiger partial charge is 0.347 e. The molecule has 0 aromatic heterocycles. The van der Waals surface area contributed by atoms with Crippen LogP contribution in [0.25, 0.3) is 0 Å². The predicted molar refractivity (Wildman–Crippen MR) is 134 cm³/mol. The summed E-state index contributed by atoms with van der Waals surface area (Å²) in [4.78, 5) is 15.9. The van der Waals surface area contributed by atoms with Crippen molar-refractivity contribution in [3.63, 3.8) is 0 Å². The number of carbonyl (C=O) groups is 1. The molecule has 2 aromatic carbocycles. The van der Waals surface area contributed by atoms with Crippen molar-refractivity contribution in [3.8, 4) is 0 Å². The van der Waals surface area contributed by atoms with Gasteiger partial charge in [-0.25, -0.2) is 4.79 Å². The molecule has 0 unspecified atom stereocenters. The van der Waals surface area contributed by atoms with Crippen molar-refractivity contribution in [2.75, 3.05) is 32.8 Å². The number of halogens is 1. The molecule has 0 bridgehead atoms. The van der Waals surface area contributed by atoms with Gasteiger partial charge in [-0.1, -0.05) is 107 Å². The molecule has 32 heavy (non-hydrogen) atoms. The number of carbonyl (C=O) groups excluding carboxylic acids is 1. The molecule has 2 aromatic rings. The van der Waals surface area contributed by atoms with Crippen LogP contribution in [0.2, 0.25) is 0 Å². The summed E-state index contributed by atoms with van der Waals surface area (Å²) in [6, 6.07) is 19.5. The van der Waals surface area contributed by atoms with Gasteiger partial charge in [-0.3, -0.25) is 0 Å². The first-order valence-corrected chi connectivity index (χ1v) is 11.8. The van der Waals surface area contributed by atoms with E-state index >= 15 is 0 Å². The van der Waals surface area contributed by atoms with E-state index in [9.17, 15) is 4.79 Å². The Kier molecular flexibility index (Phi) is 13.9. The van der Waals surface area contributed by atoms with Gasteiger partial charge in [0.25, 0.3) is 0 Å². The summed E-state index contributed by atoms with van der Waals surface area (Å²) in [6.45, 7) is 9.89. The summed E-state index contributed by atoms with van der Waals surface area (Å²) in [7, 11) is 0. The number of esters is 1. The molecule has 178 valence electrons. The fourth-order valence-electron chi connectivity index (χ4n) is 3.81. The number of unbranched alkanes of at least 4 members (excludes halogenated alkanes) is 4. The van der Waals surface area contributed by atoms with Crippen LogP contribution in [0.1, 0.15) is 64.0 Å². The second kappa shape index (κ2) is 15.8. The average molecular weight is 462 g/mol. The molecule has 0 aliphatic rings. The molecule has 0 amide bonds. The zero-order chi connectivity index (χ0) is 22.4. The summed E-state index contributed by atoms with van der Waals surface area (Å²) >= 11 is 0. The van der Waals surface area contributed by atoms with Crippen LogP contribution < -0.4 is 0 Å². The number of hydrogen-bond donors (Lipinski definition) is 0. The van der Waals surface area contributed by atoms with Gasteiger partial charge in [-0.05, 0) is 30.6 Å². The maximum absolute atomic E-state index is 13.6. The van der Waals surface area contributed by atoms with E-state index in [1.807, 2.05) is 60.7 Å². The molecular formula is C27H40ClNO3. The zero-order valence-electron chi connectivity index (χ0n) is 19.9. The van der Waals surface area contributed by atoms with Crippen LogP contribution >= 0.6 is 12.4 Å². The Morgan fingerprint density at radius 1 is 0.781 bits per heavy atom. The number of hydrogen-bond acceptors (Lipinski definition) is 4. The molecule has 0 atom stereocenters. The highest BCUT2D eigenvalue weighted by atomic mass is 35.5. The van der Waals surface area contributed by atoms with Gasteiger partial charge in [-0.15, -0.1) is 12.4 Å². The van der Waals surface area contributed by atoms with Crippen LogP contribution in [0.4, 0.5) is 0 Å². The summed E-state index contributed by atoms with van der Waals surface area (Å²) in [6.07, 6.45) is 5.66. The van der Waals surface area contributed by atoms with Gasteiger partial charge in [0.1, 0.15) is 6.61 Å². The molecule has 0 radical (unpaired) electrons. The monoisotopic (exact) mass is 461 g/mol. The molecule has 0 N–H and O–H groups in total. The second-order valence-corrected chi connectivity index (χ2v) is 7.84. The minimum absolute atomic E-state index is 0. The maximum Gasteiger partial charge on any atom is 0.347 e. The summed E-state index contributed by atoms with van der Waals surface area (Å²) < 4.78 is 12.3. The molecule has 0 heterocycles. The molecular weight excluding hydrogens is 422 g/mol. The Morgan fingerprint density at radius 3 is 1.81 bits per heavy atom. The third-order valence-electron chi connectivity index (χ3n) is 5.75. The van der Waals surface area contributed by atoms with E-state index in [2.05, 4.69) is 25.7 Å². The van der Waals surface area contributed by atoms with Gasteiger partial charge in [0, 0.05) is 13.2 Å². The van der Waals surface area contributed by atoms with Crippen molar-refractivity contribution in [1.82, 2.24) is 4.90 Å². The number of nitrogens with zero attached hydrogens (tertiary/aromatic N) is 1. The molecule has 2 rings (SSSR count). The largest absolute Gasteiger partial charge is 0.462 e. The fraction of sp³-hybridized carbons (Fsp3) is 0.519. The van der Waals surface area contributed by atoms with Crippen LogP contribution in [0.3, 0.4) is 0 Å². The first-order valence-electron chi connectivity index (χ1n) is 11.8. The van der Waals surface area contributed by atoms with Gasteiger partial charge >= 0.3 is 5.97 Å². The topological polar surface area (TPSA) is 38.8 Å². The fourth-order valence-corrected chi connectivity index (χ4v) is 3.81. The Labute approximate surface area is 200 Å². The molecule has 5 heteroatoms. The second-order valence-electron chi connectivity index (χ2n) is 7.84. The maximum atomic E-state index is 13.6. The Hall–Kier alpha value is -1.88. The van der Waals surface area contributed by atoms with E-state index in [1.54, 1.807) is 0 Å². The van der Waals surface area contributed by atoms with Gasteiger partial charge in [0.15, 0.2) is 0 Å². The molecule has 0 spiro atoms. The number of likely N-dealkylation sites (N-methyl/N-ethyl adjacent to an activating group) is 1. The van der Waals surface area contributed by atoms with Crippen LogP contribution in [0.15, 0.2) is 60.7 Å². The van der Waals surface area contributed by atoms with E-state index in [0.29, 0.717) is 13.2 Å². The summed E-state index contributed by atoms with van der Waals surface area (Å²) in [5.74, 6) is -0.342. The van der Waals surface area contributed by atoms with E-state index in [4.69, 9.17) is 9.47 Å². The zero-order valence-corrected chi connectivity index (χ0v) is 20.7.